The number of rotatable bonds is 6. The molecule has 4 rings (SSSR count). The summed E-state index contributed by atoms with van der Waals surface area (Å²) in [6, 6.07) is 6.00. The van der Waals surface area contributed by atoms with Crippen LogP contribution in [0.5, 0.6) is 0 Å². The van der Waals surface area contributed by atoms with E-state index in [0.29, 0.717) is 47.5 Å². The molecule has 1 saturated heterocycles. The van der Waals surface area contributed by atoms with Crippen LogP contribution in [-0.4, -0.2) is 49.8 Å². The molecule has 0 bridgehead atoms. The van der Waals surface area contributed by atoms with Crippen molar-refractivity contribution in [1.82, 2.24) is 9.62 Å². The Hall–Kier alpha value is -2.27. The van der Waals surface area contributed by atoms with Gasteiger partial charge in [0.05, 0.1) is 17.1 Å². The van der Waals surface area contributed by atoms with Crippen molar-refractivity contribution < 1.29 is 22.7 Å². The van der Waals surface area contributed by atoms with Crippen LogP contribution in [0.15, 0.2) is 29.2 Å². The number of thiophene rings is 1. The summed E-state index contributed by atoms with van der Waals surface area (Å²) < 4.78 is 33.4. The van der Waals surface area contributed by atoms with Crippen molar-refractivity contribution in [3.8, 4) is 0 Å². The first-order valence-electron chi connectivity index (χ1n) is 13.2. The van der Waals surface area contributed by atoms with Crippen molar-refractivity contribution in [2.75, 3.05) is 25.0 Å². The van der Waals surface area contributed by atoms with Crippen molar-refractivity contribution in [2.45, 2.75) is 77.3 Å². The monoisotopic (exact) mass is 561 g/mol. The van der Waals surface area contributed by atoms with Gasteiger partial charge < -0.3 is 15.4 Å². The number of carbonyl (C=O) groups is 2. The van der Waals surface area contributed by atoms with Gasteiger partial charge in [-0.05, 0) is 89.1 Å². The highest BCUT2D eigenvalue weighted by atomic mass is 32.2. The van der Waals surface area contributed by atoms with Crippen LogP contribution in [0.25, 0.3) is 0 Å². The zero-order valence-electron chi connectivity index (χ0n) is 23.3. The third-order valence-electron chi connectivity index (χ3n) is 7.14. The Bertz CT molecular complexity index is 1320. The van der Waals surface area contributed by atoms with E-state index in [1.54, 1.807) is 11.2 Å². The van der Waals surface area contributed by atoms with Crippen LogP contribution in [0.2, 0.25) is 0 Å². The summed E-state index contributed by atoms with van der Waals surface area (Å²) >= 11 is 1.38. The lowest BCUT2D eigenvalue weighted by Crippen LogP contribution is -2.55. The molecule has 1 aromatic carbocycles. The van der Waals surface area contributed by atoms with E-state index in [4.69, 9.17) is 4.74 Å². The van der Waals surface area contributed by atoms with Gasteiger partial charge in [-0.25, -0.2) is 13.2 Å². The number of carbonyl (C=O) groups excluding carboxylic acids is 2. The van der Waals surface area contributed by atoms with Crippen molar-refractivity contribution in [2.24, 2.45) is 11.8 Å². The number of nitrogens with one attached hydrogen (secondary N) is 2. The average molecular weight is 562 g/mol. The van der Waals surface area contributed by atoms with Gasteiger partial charge in [-0.2, -0.15) is 4.31 Å². The van der Waals surface area contributed by atoms with E-state index in [0.717, 1.165) is 16.9 Å². The van der Waals surface area contributed by atoms with E-state index >= 15 is 0 Å². The van der Waals surface area contributed by atoms with Crippen LogP contribution in [0.3, 0.4) is 0 Å². The Kier molecular flexibility index (Phi) is 7.84. The molecule has 2 aliphatic rings. The van der Waals surface area contributed by atoms with Crippen LogP contribution >= 0.6 is 11.3 Å². The van der Waals surface area contributed by atoms with E-state index in [9.17, 15) is 18.0 Å². The summed E-state index contributed by atoms with van der Waals surface area (Å²) in [4.78, 5) is 27.5. The third-order valence-corrected chi connectivity index (χ3v) is 10.5. The summed E-state index contributed by atoms with van der Waals surface area (Å²) in [5, 5.41) is 6.98. The third kappa shape index (κ3) is 5.68. The van der Waals surface area contributed by atoms with Crippen LogP contribution < -0.4 is 10.6 Å². The molecule has 208 valence electrons. The Morgan fingerprint density at radius 3 is 2.29 bits per heavy atom. The standard InChI is InChI=1S/C28H39N3O5S2/c1-8-36-26(33)22-21-14-27(4,5)30-28(6,7)23(21)37-25(22)29-24(32)19-9-11-20(12-10-19)38(34,35)31-15-17(2)13-18(3)16-31/h9-12,17-18,30H,8,13-16H2,1-7H3,(H,29,32)/t17-,18-/m1/s1. The molecular formula is C28H39N3O5S2. The second-order valence-electron chi connectivity index (χ2n) is 11.9. The molecule has 8 nitrogen and oxygen atoms in total. The highest BCUT2D eigenvalue weighted by Gasteiger charge is 2.42. The molecule has 2 aliphatic heterocycles. The molecule has 2 atom stereocenters. The summed E-state index contributed by atoms with van der Waals surface area (Å²) in [7, 11) is -3.64. The average Bonchev–Trinajstić information content (AvgIpc) is 3.15. The highest BCUT2D eigenvalue weighted by Crippen LogP contribution is 2.45. The minimum Gasteiger partial charge on any atom is -0.462 e. The second-order valence-corrected chi connectivity index (χ2v) is 14.9. The smallest absolute Gasteiger partial charge is 0.341 e. The van der Waals surface area contributed by atoms with E-state index in [1.165, 1.54) is 35.6 Å². The Labute approximate surface area is 230 Å². The van der Waals surface area contributed by atoms with Gasteiger partial charge in [-0.15, -0.1) is 11.3 Å². The van der Waals surface area contributed by atoms with Gasteiger partial charge in [-0.1, -0.05) is 13.8 Å². The number of nitrogens with zero attached hydrogens (tertiary/aromatic N) is 1. The minimum atomic E-state index is -3.64. The number of hydrogen-bond donors (Lipinski definition) is 2. The molecule has 0 aliphatic carbocycles. The maximum absolute atomic E-state index is 13.3. The normalized spacial score (nSPS) is 22.9. The molecule has 0 unspecified atom stereocenters. The van der Waals surface area contributed by atoms with E-state index in [2.05, 4.69) is 52.2 Å². The summed E-state index contributed by atoms with van der Waals surface area (Å²) in [6.45, 7) is 15.4. The van der Waals surface area contributed by atoms with Gasteiger partial charge in [0, 0.05) is 34.6 Å². The number of ether oxygens (including phenoxy) is 1. The maximum Gasteiger partial charge on any atom is 0.341 e. The van der Waals surface area contributed by atoms with Gasteiger partial charge in [0.1, 0.15) is 5.00 Å². The number of hydrogen-bond acceptors (Lipinski definition) is 7. The molecule has 3 heterocycles. The number of amides is 1. The molecule has 1 amide bonds. The van der Waals surface area contributed by atoms with Gasteiger partial charge in [-0.3, -0.25) is 4.79 Å². The summed E-state index contributed by atoms with van der Waals surface area (Å²) in [6.07, 6.45) is 1.63. The molecule has 2 N–H and O–H groups in total. The van der Waals surface area contributed by atoms with Crippen LogP contribution in [0, 0.1) is 11.8 Å². The number of benzene rings is 1. The molecule has 38 heavy (non-hydrogen) atoms. The van der Waals surface area contributed by atoms with Crippen LogP contribution in [0.1, 0.15) is 86.0 Å². The van der Waals surface area contributed by atoms with Crippen LogP contribution in [-0.2, 0) is 26.7 Å². The highest BCUT2D eigenvalue weighted by molar-refractivity contribution is 7.89. The van der Waals surface area contributed by atoms with Gasteiger partial charge in [0.2, 0.25) is 10.0 Å². The van der Waals surface area contributed by atoms with Crippen molar-refractivity contribution in [3.63, 3.8) is 0 Å². The van der Waals surface area contributed by atoms with E-state index in [1.807, 2.05) is 0 Å². The van der Waals surface area contributed by atoms with E-state index < -0.39 is 27.4 Å². The van der Waals surface area contributed by atoms with Gasteiger partial charge in [0.25, 0.3) is 5.91 Å². The first-order chi connectivity index (χ1) is 17.6. The number of anilines is 1. The molecule has 10 heteroatoms. The maximum atomic E-state index is 13.3. The van der Waals surface area contributed by atoms with Crippen molar-refractivity contribution >= 4 is 38.2 Å². The van der Waals surface area contributed by atoms with Crippen molar-refractivity contribution in [3.05, 3.63) is 45.8 Å². The first-order valence-corrected chi connectivity index (χ1v) is 15.4. The minimum absolute atomic E-state index is 0.171. The summed E-state index contributed by atoms with van der Waals surface area (Å²) in [5.41, 5.74) is 0.958. The van der Waals surface area contributed by atoms with Gasteiger partial charge >= 0.3 is 5.97 Å². The quantitative estimate of drug-likeness (QED) is 0.481. The Balaban J connectivity index is 1.61. The number of fused-ring (bicyclic) bond motifs is 1. The van der Waals surface area contributed by atoms with E-state index in [-0.39, 0.29) is 17.0 Å². The fourth-order valence-corrected chi connectivity index (χ4v) is 8.88. The lowest BCUT2D eigenvalue weighted by Gasteiger charge is -2.42. The molecule has 0 radical (unpaired) electrons. The number of piperidine rings is 1. The predicted octanol–water partition coefficient (Wildman–Crippen LogP) is 5.00. The molecule has 1 aromatic heterocycles. The van der Waals surface area contributed by atoms with Crippen molar-refractivity contribution in [1.29, 1.82) is 0 Å². The molecular weight excluding hydrogens is 522 g/mol. The SMILES string of the molecule is CCOC(=O)c1c(NC(=O)c2ccc(S(=O)(=O)N3C[C@H](C)C[C@@H](C)C3)cc2)sc2c1CC(C)(C)NC2(C)C. The topological polar surface area (TPSA) is 105 Å². The lowest BCUT2D eigenvalue weighted by atomic mass is 9.81. The molecule has 1 fully saturated rings. The van der Waals surface area contributed by atoms with Crippen LogP contribution in [0.4, 0.5) is 5.00 Å². The first kappa shape index (κ1) is 28.7. The zero-order valence-corrected chi connectivity index (χ0v) is 24.9. The molecule has 2 aromatic rings. The molecule has 0 spiro atoms. The Morgan fingerprint density at radius 1 is 1.11 bits per heavy atom. The fraction of sp³-hybridized carbons (Fsp3) is 0.571. The molecule has 0 saturated carbocycles. The van der Waals surface area contributed by atoms with Gasteiger partial charge in [0.15, 0.2) is 0 Å². The summed E-state index contributed by atoms with van der Waals surface area (Å²) in [5.74, 6) is -0.271. The second kappa shape index (κ2) is 10.4. The lowest BCUT2D eigenvalue weighted by molar-refractivity contribution is 0.0525. The predicted molar refractivity (Wildman–Crippen MR) is 150 cm³/mol. The largest absolute Gasteiger partial charge is 0.462 e. The number of esters is 1. The Morgan fingerprint density at radius 2 is 1.71 bits per heavy atom. The zero-order chi connectivity index (χ0) is 28.0. The fourth-order valence-electron chi connectivity index (χ4n) is 5.94. The number of sulfonamides is 1.